The van der Waals surface area contributed by atoms with E-state index in [9.17, 15) is 26.8 Å². The molecule has 1 atom stereocenters. The molecule has 0 saturated heterocycles. The zero-order valence-corrected chi connectivity index (χ0v) is 16.9. The number of amides is 2. The van der Waals surface area contributed by atoms with Crippen molar-refractivity contribution in [3.8, 4) is 0 Å². The second-order valence-electron chi connectivity index (χ2n) is 6.52. The minimum Gasteiger partial charge on any atom is -0.468 e. The molecule has 1 heterocycles. The molecule has 0 saturated carbocycles. The van der Waals surface area contributed by atoms with Crippen LogP contribution in [0.4, 0.5) is 8.78 Å². The number of benzene rings is 2. The predicted molar refractivity (Wildman–Crippen MR) is 106 cm³/mol. The van der Waals surface area contributed by atoms with E-state index in [4.69, 9.17) is 4.42 Å². The van der Waals surface area contributed by atoms with E-state index in [1.807, 2.05) is 0 Å². The van der Waals surface area contributed by atoms with Crippen LogP contribution in [0.3, 0.4) is 0 Å². The Labute approximate surface area is 177 Å². The SMILES string of the molecule is O=C(NCc1ccc(F)cc1)C(=O)NC[C@H](c1ccco1)S(=O)(=O)c1ccc(F)cc1. The van der Waals surface area contributed by atoms with Gasteiger partial charge in [-0.25, -0.2) is 17.2 Å². The van der Waals surface area contributed by atoms with Crippen LogP contribution in [0.1, 0.15) is 16.6 Å². The van der Waals surface area contributed by atoms with Crippen LogP contribution < -0.4 is 10.6 Å². The van der Waals surface area contributed by atoms with Gasteiger partial charge in [0.15, 0.2) is 9.84 Å². The Hall–Kier alpha value is -3.53. The lowest BCUT2D eigenvalue weighted by Gasteiger charge is -2.16. The van der Waals surface area contributed by atoms with Crippen molar-refractivity contribution in [2.45, 2.75) is 16.7 Å². The number of sulfone groups is 1. The van der Waals surface area contributed by atoms with E-state index >= 15 is 0 Å². The standard InChI is InChI=1S/C21H18F2N2O5S/c22-15-5-3-14(4-6-15)12-24-20(26)21(27)25-13-19(18-2-1-11-30-18)31(28,29)17-9-7-16(23)8-10-17/h1-11,19H,12-13H2,(H,24,26)(H,25,27)/t19-/m1/s1. The average molecular weight is 448 g/mol. The smallest absolute Gasteiger partial charge is 0.309 e. The van der Waals surface area contributed by atoms with Gasteiger partial charge in [-0.3, -0.25) is 9.59 Å². The highest BCUT2D eigenvalue weighted by Gasteiger charge is 2.32. The molecule has 1 aromatic heterocycles. The van der Waals surface area contributed by atoms with Crippen molar-refractivity contribution in [2.24, 2.45) is 0 Å². The maximum atomic E-state index is 13.2. The van der Waals surface area contributed by atoms with Crippen LogP contribution >= 0.6 is 0 Å². The molecule has 7 nitrogen and oxygen atoms in total. The van der Waals surface area contributed by atoms with Crippen LogP contribution in [0.5, 0.6) is 0 Å². The molecule has 2 amide bonds. The van der Waals surface area contributed by atoms with E-state index < -0.39 is 45.1 Å². The van der Waals surface area contributed by atoms with Crippen LogP contribution in [0.25, 0.3) is 0 Å². The molecule has 0 radical (unpaired) electrons. The highest BCUT2D eigenvalue weighted by Crippen LogP contribution is 2.29. The number of rotatable bonds is 7. The summed E-state index contributed by atoms with van der Waals surface area (Å²) < 4.78 is 57.3. The molecule has 2 N–H and O–H groups in total. The number of nitrogens with one attached hydrogen (secondary N) is 2. The molecule has 0 fully saturated rings. The highest BCUT2D eigenvalue weighted by molar-refractivity contribution is 7.91. The molecule has 0 unspecified atom stereocenters. The van der Waals surface area contributed by atoms with Crippen LogP contribution in [0.2, 0.25) is 0 Å². The molecule has 3 rings (SSSR count). The molecule has 0 bridgehead atoms. The molecule has 0 aliphatic rings. The Morgan fingerprint density at radius 1 is 0.871 bits per heavy atom. The summed E-state index contributed by atoms with van der Waals surface area (Å²) in [6.45, 7) is -0.460. The minimum absolute atomic E-state index is 0.0119. The summed E-state index contributed by atoms with van der Waals surface area (Å²) in [7, 11) is -4.06. The van der Waals surface area contributed by atoms with Gasteiger partial charge in [-0.2, -0.15) is 0 Å². The van der Waals surface area contributed by atoms with E-state index in [0.717, 1.165) is 24.3 Å². The second kappa shape index (κ2) is 9.52. The van der Waals surface area contributed by atoms with Crippen molar-refractivity contribution in [2.75, 3.05) is 6.54 Å². The van der Waals surface area contributed by atoms with Crippen molar-refractivity contribution in [1.82, 2.24) is 10.6 Å². The maximum Gasteiger partial charge on any atom is 0.309 e. The Balaban J connectivity index is 1.68. The summed E-state index contributed by atoms with van der Waals surface area (Å²) in [6, 6.07) is 12.5. The van der Waals surface area contributed by atoms with Crippen molar-refractivity contribution < 1.29 is 31.2 Å². The highest BCUT2D eigenvalue weighted by atomic mass is 32.2. The third kappa shape index (κ3) is 5.54. The molecule has 0 aliphatic carbocycles. The third-order valence-corrected chi connectivity index (χ3v) is 6.48. The van der Waals surface area contributed by atoms with Crippen LogP contribution in [-0.2, 0) is 26.0 Å². The largest absolute Gasteiger partial charge is 0.468 e. The average Bonchev–Trinajstić information content (AvgIpc) is 3.27. The Bertz CT molecular complexity index is 1150. The molecular weight excluding hydrogens is 430 g/mol. The van der Waals surface area contributed by atoms with Crippen molar-refractivity contribution >= 4 is 21.7 Å². The number of carbonyl (C=O) groups excluding carboxylic acids is 2. The second-order valence-corrected chi connectivity index (χ2v) is 8.65. The number of hydrogen-bond acceptors (Lipinski definition) is 5. The van der Waals surface area contributed by atoms with Gasteiger partial charge in [0.2, 0.25) is 0 Å². The van der Waals surface area contributed by atoms with Crippen LogP contribution in [-0.4, -0.2) is 26.8 Å². The molecule has 162 valence electrons. The lowest BCUT2D eigenvalue weighted by molar-refractivity contribution is -0.139. The molecule has 0 spiro atoms. The van der Waals surface area contributed by atoms with Gasteiger partial charge < -0.3 is 15.1 Å². The van der Waals surface area contributed by atoms with E-state index in [-0.39, 0.29) is 17.2 Å². The third-order valence-electron chi connectivity index (χ3n) is 4.40. The number of furan rings is 1. The first-order valence-electron chi connectivity index (χ1n) is 9.10. The van der Waals surface area contributed by atoms with Gasteiger partial charge in [0, 0.05) is 13.1 Å². The van der Waals surface area contributed by atoms with E-state index in [2.05, 4.69) is 10.6 Å². The monoisotopic (exact) mass is 448 g/mol. The first-order chi connectivity index (χ1) is 14.8. The number of hydrogen-bond donors (Lipinski definition) is 2. The lowest BCUT2D eigenvalue weighted by Crippen LogP contribution is -2.42. The van der Waals surface area contributed by atoms with Gasteiger partial charge in [0.25, 0.3) is 0 Å². The molecule has 10 heteroatoms. The number of carbonyl (C=O) groups is 2. The summed E-state index contributed by atoms with van der Waals surface area (Å²) in [6.07, 6.45) is 1.28. The number of halogens is 2. The van der Waals surface area contributed by atoms with Gasteiger partial charge >= 0.3 is 11.8 Å². The topological polar surface area (TPSA) is 105 Å². The Morgan fingerprint density at radius 2 is 1.45 bits per heavy atom. The summed E-state index contributed by atoms with van der Waals surface area (Å²) in [5, 5.41) is 3.31. The molecular formula is C21H18F2N2O5S. The van der Waals surface area contributed by atoms with Gasteiger partial charge in [-0.15, -0.1) is 0 Å². The lowest BCUT2D eigenvalue weighted by atomic mass is 10.2. The summed E-state index contributed by atoms with van der Waals surface area (Å²) >= 11 is 0. The molecule has 31 heavy (non-hydrogen) atoms. The van der Waals surface area contributed by atoms with E-state index in [1.54, 1.807) is 0 Å². The Kier molecular flexibility index (Phi) is 6.81. The van der Waals surface area contributed by atoms with Crippen molar-refractivity contribution in [1.29, 1.82) is 0 Å². The first kappa shape index (κ1) is 22.2. The van der Waals surface area contributed by atoms with Gasteiger partial charge in [-0.05, 0) is 54.1 Å². The fourth-order valence-corrected chi connectivity index (χ4v) is 4.34. The minimum atomic E-state index is -4.06. The zero-order chi connectivity index (χ0) is 22.4. The zero-order valence-electron chi connectivity index (χ0n) is 16.0. The maximum absolute atomic E-state index is 13.2. The quantitative estimate of drug-likeness (QED) is 0.427. The van der Waals surface area contributed by atoms with Crippen LogP contribution in [0, 0.1) is 11.6 Å². The normalized spacial score (nSPS) is 12.2. The van der Waals surface area contributed by atoms with Crippen LogP contribution in [0.15, 0.2) is 76.2 Å². The van der Waals surface area contributed by atoms with Crippen molar-refractivity contribution in [3.63, 3.8) is 0 Å². The summed E-state index contributed by atoms with van der Waals surface area (Å²) in [5.41, 5.74) is 0.579. The van der Waals surface area contributed by atoms with E-state index in [0.29, 0.717) is 5.56 Å². The summed E-state index contributed by atoms with van der Waals surface area (Å²) in [4.78, 5) is 24.0. The predicted octanol–water partition coefficient (Wildman–Crippen LogP) is 2.51. The van der Waals surface area contributed by atoms with E-state index in [1.165, 1.54) is 42.7 Å². The summed E-state index contributed by atoms with van der Waals surface area (Å²) in [5.74, 6) is -3.01. The van der Waals surface area contributed by atoms with Gasteiger partial charge in [0.1, 0.15) is 22.6 Å². The first-order valence-corrected chi connectivity index (χ1v) is 10.7. The fourth-order valence-electron chi connectivity index (χ4n) is 2.76. The molecule has 3 aromatic rings. The Morgan fingerprint density at radius 3 is 2.03 bits per heavy atom. The molecule has 0 aliphatic heterocycles. The van der Waals surface area contributed by atoms with Gasteiger partial charge in [-0.1, -0.05) is 12.1 Å². The van der Waals surface area contributed by atoms with Crippen molar-refractivity contribution in [3.05, 3.63) is 89.9 Å². The van der Waals surface area contributed by atoms with Gasteiger partial charge in [0.05, 0.1) is 11.2 Å². The fraction of sp³-hybridized carbons (Fsp3) is 0.143. The molecule has 2 aromatic carbocycles.